The van der Waals surface area contributed by atoms with E-state index < -0.39 is 0 Å². The van der Waals surface area contributed by atoms with Crippen molar-refractivity contribution in [3.63, 3.8) is 0 Å². The molecule has 1 aromatic carbocycles. The van der Waals surface area contributed by atoms with Crippen LogP contribution in [0.25, 0.3) is 11.4 Å². The van der Waals surface area contributed by atoms with E-state index in [2.05, 4.69) is 15.5 Å². The van der Waals surface area contributed by atoms with Gasteiger partial charge in [0.25, 0.3) is 0 Å². The van der Waals surface area contributed by atoms with Crippen molar-refractivity contribution in [2.45, 2.75) is 18.8 Å². The second-order valence-corrected chi connectivity index (χ2v) is 4.55. The van der Waals surface area contributed by atoms with Crippen molar-refractivity contribution in [3.8, 4) is 17.1 Å². The van der Waals surface area contributed by atoms with E-state index in [0.717, 1.165) is 31.5 Å². The molecule has 1 aromatic heterocycles. The molecule has 5 nitrogen and oxygen atoms in total. The van der Waals surface area contributed by atoms with Crippen LogP contribution in [0.3, 0.4) is 0 Å². The van der Waals surface area contributed by atoms with E-state index in [1.54, 1.807) is 24.3 Å². The summed E-state index contributed by atoms with van der Waals surface area (Å²) in [5.74, 6) is 1.83. The summed E-state index contributed by atoms with van der Waals surface area (Å²) in [7, 11) is 0. The summed E-state index contributed by atoms with van der Waals surface area (Å²) < 4.78 is 5.33. The molecule has 94 valence electrons. The van der Waals surface area contributed by atoms with E-state index in [1.165, 1.54) is 0 Å². The average Bonchev–Trinajstić information content (AvgIpc) is 2.90. The lowest BCUT2D eigenvalue weighted by Crippen LogP contribution is -2.28. The number of rotatable bonds is 2. The van der Waals surface area contributed by atoms with Gasteiger partial charge in [-0.15, -0.1) is 0 Å². The van der Waals surface area contributed by atoms with Crippen LogP contribution in [0, 0.1) is 0 Å². The van der Waals surface area contributed by atoms with Gasteiger partial charge >= 0.3 is 0 Å². The monoisotopic (exact) mass is 245 g/mol. The largest absolute Gasteiger partial charge is 0.508 e. The fourth-order valence-electron chi connectivity index (χ4n) is 2.19. The molecule has 5 heteroatoms. The molecule has 1 fully saturated rings. The van der Waals surface area contributed by atoms with Crippen molar-refractivity contribution in [1.82, 2.24) is 15.5 Å². The van der Waals surface area contributed by atoms with Gasteiger partial charge in [-0.2, -0.15) is 4.98 Å². The maximum atomic E-state index is 9.24. The molecular formula is C13H15N3O2. The zero-order chi connectivity index (χ0) is 12.4. The van der Waals surface area contributed by atoms with Gasteiger partial charge in [0.2, 0.25) is 11.7 Å². The minimum Gasteiger partial charge on any atom is -0.508 e. The first-order valence-corrected chi connectivity index (χ1v) is 6.16. The van der Waals surface area contributed by atoms with Crippen molar-refractivity contribution in [2.75, 3.05) is 13.1 Å². The molecule has 2 aromatic rings. The number of benzene rings is 1. The molecule has 3 rings (SSSR count). The lowest BCUT2D eigenvalue weighted by atomic mass is 10.00. The van der Waals surface area contributed by atoms with Crippen molar-refractivity contribution >= 4 is 0 Å². The average molecular weight is 245 g/mol. The summed E-state index contributed by atoms with van der Waals surface area (Å²) >= 11 is 0. The molecule has 2 heterocycles. The topological polar surface area (TPSA) is 71.2 Å². The molecule has 1 aliphatic heterocycles. The van der Waals surface area contributed by atoms with Crippen LogP contribution in [0.15, 0.2) is 28.8 Å². The third kappa shape index (κ3) is 2.22. The third-order valence-electron chi connectivity index (χ3n) is 3.21. The van der Waals surface area contributed by atoms with Crippen LogP contribution in [0.1, 0.15) is 24.7 Å². The van der Waals surface area contributed by atoms with Crippen molar-refractivity contribution in [2.24, 2.45) is 0 Å². The normalized spacial score (nSPS) is 19.9. The molecule has 0 spiro atoms. The van der Waals surface area contributed by atoms with Gasteiger partial charge in [0.05, 0.1) is 5.92 Å². The smallest absolute Gasteiger partial charge is 0.231 e. The van der Waals surface area contributed by atoms with Crippen LogP contribution in [0.5, 0.6) is 5.75 Å². The predicted octanol–water partition coefficient (Wildman–Crippen LogP) is 1.91. The molecular weight excluding hydrogens is 230 g/mol. The van der Waals surface area contributed by atoms with E-state index in [4.69, 9.17) is 4.52 Å². The van der Waals surface area contributed by atoms with E-state index in [1.807, 2.05) is 0 Å². The number of piperidine rings is 1. The molecule has 0 saturated carbocycles. The maximum Gasteiger partial charge on any atom is 0.231 e. The summed E-state index contributed by atoms with van der Waals surface area (Å²) in [4.78, 5) is 4.43. The fourth-order valence-corrected chi connectivity index (χ4v) is 2.19. The van der Waals surface area contributed by atoms with E-state index in [0.29, 0.717) is 17.6 Å². The van der Waals surface area contributed by atoms with Crippen LogP contribution < -0.4 is 5.32 Å². The summed E-state index contributed by atoms with van der Waals surface area (Å²) in [5, 5.41) is 16.6. The number of aromatic nitrogens is 2. The maximum absolute atomic E-state index is 9.24. The number of nitrogens with zero attached hydrogens (tertiary/aromatic N) is 2. The molecule has 18 heavy (non-hydrogen) atoms. The Balaban J connectivity index is 1.82. The Morgan fingerprint density at radius 1 is 1.28 bits per heavy atom. The van der Waals surface area contributed by atoms with Gasteiger partial charge in [0, 0.05) is 12.1 Å². The molecule has 0 radical (unpaired) electrons. The third-order valence-corrected chi connectivity index (χ3v) is 3.21. The zero-order valence-corrected chi connectivity index (χ0v) is 9.97. The van der Waals surface area contributed by atoms with Crippen LogP contribution in [0.2, 0.25) is 0 Å². The molecule has 1 saturated heterocycles. The predicted molar refractivity (Wildman–Crippen MR) is 66.2 cm³/mol. The summed E-state index contributed by atoms with van der Waals surface area (Å²) in [6.45, 7) is 1.96. The van der Waals surface area contributed by atoms with Crippen LogP contribution in [0.4, 0.5) is 0 Å². The van der Waals surface area contributed by atoms with Gasteiger partial charge in [0.1, 0.15) is 5.75 Å². The highest BCUT2D eigenvalue weighted by atomic mass is 16.5. The Labute approximate surface area is 105 Å². The minimum absolute atomic E-state index is 0.235. The zero-order valence-electron chi connectivity index (χ0n) is 9.97. The SMILES string of the molecule is Oc1ccc(-c2noc(C3CCCNC3)n2)cc1. The Hall–Kier alpha value is -1.88. The Morgan fingerprint density at radius 3 is 2.83 bits per heavy atom. The summed E-state index contributed by atoms with van der Waals surface area (Å²) in [6, 6.07) is 6.80. The second kappa shape index (κ2) is 4.78. The fraction of sp³-hybridized carbons (Fsp3) is 0.385. The lowest BCUT2D eigenvalue weighted by Gasteiger charge is -2.18. The van der Waals surface area contributed by atoms with E-state index >= 15 is 0 Å². The first kappa shape index (κ1) is 11.2. The standard InChI is InChI=1S/C13H15N3O2/c17-11-5-3-9(4-6-11)12-15-13(18-16-12)10-2-1-7-14-8-10/h3-6,10,14,17H,1-2,7-8H2. The Morgan fingerprint density at radius 2 is 2.11 bits per heavy atom. The van der Waals surface area contributed by atoms with Crippen molar-refractivity contribution in [1.29, 1.82) is 0 Å². The van der Waals surface area contributed by atoms with Gasteiger partial charge < -0.3 is 14.9 Å². The van der Waals surface area contributed by atoms with E-state index in [9.17, 15) is 5.11 Å². The number of phenols is 1. The minimum atomic E-state index is 0.235. The second-order valence-electron chi connectivity index (χ2n) is 4.55. The van der Waals surface area contributed by atoms with Gasteiger partial charge in [-0.05, 0) is 43.7 Å². The van der Waals surface area contributed by atoms with Gasteiger partial charge in [-0.3, -0.25) is 0 Å². The highest BCUT2D eigenvalue weighted by molar-refractivity contribution is 5.55. The van der Waals surface area contributed by atoms with E-state index in [-0.39, 0.29) is 5.75 Å². The molecule has 0 aliphatic carbocycles. The molecule has 2 N–H and O–H groups in total. The number of phenolic OH excluding ortho intramolecular Hbond substituents is 1. The molecule has 1 atom stereocenters. The van der Waals surface area contributed by atoms with Gasteiger partial charge in [-0.1, -0.05) is 5.16 Å². The number of hydrogen-bond acceptors (Lipinski definition) is 5. The lowest BCUT2D eigenvalue weighted by molar-refractivity contribution is 0.322. The highest BCUT2D eigenvalue weighted by Crippen LogP contribution is 2.25. The first-order chi connectivity index (χ1) is 8.83. The quantitative estimate of drug-likeness (QED) is 0.845. The number of hydrogen-bond donors (Lipinski definition) is 2. The van der Waals surface area contributed by atoms with Crippen molar-refractivity contribution < 1.29 is 9.63 Å². The van der Waals surface area contributed by atoms with Crippen LogP contribution in [-0.4, -0.2) is 28.3 Å². The summed E-state index contributed by atoms with van der Waals surface area (Å²) in [6.07, 6.45) is 2.23. The van der Waals surface area contributed by atoms with Gasteiger partial charge in [0.15, 0.2) is 0 Å². The number of aromatic hydroxyl groups is 1. The molecule has 1 unspecified atom stereocenters. The van der Waals surface area contributed by atoms with Crippen molar-refractivity contribution in [3.05, 3.63) is 30.2 Å². The molecule has 1 aliphatic rings. The van der Waals surface area contributed by atoms with Crippen LogP contribution >= 0.6 is 0 Å². The number of nitrogens with one attached hydrogen (secondary N) is 1. The summed E-state index contributed by atoms with van der Waals surface area (Å²) in [5.41, 5.74) is 0.853. The Bertz CT molecular complexity index is 515. The molecule has 0 amide bonds. The molecule has 0 bridgehead atoms. The van der Waals surface area contributed by atoms with Crippen LogP contribution in [-0.2, 0) is 0 Å². The highest BCUT2D eigenvalue weighted by Gasteiger charge is 2.21. The Kier molecular flexibility index (Phi) is 2.98. The van der Waals surface area contributed by atoms with Gasteiger partial charge in [-0.25, -0.2) is 0 Å². The first-order valence-electron chi connectivity index (χ1n) is 6.16.